The third kappa shape index (κ3) is 2.24. The first-order chi connectivity index (χ1) is 6.20. The van der Waals surface area contributed by atoms with Crippen LogP contribution in [-0.4, -0.2) is 0 Å². The van der Waals surface area contributed by atoms with E-state index in [-0.39, 0.29) is 0 Å². The molecule has 0 fully saturated rings. The Bertz CT molecular complexity index is 220. The first kappa shape index (κ1) is 10.6. The molecule has 0 aromatic carbocycles. The molecule has 0 amide bonds. The van der Waals surface area contributed by atoms with Gasteiger partial charge in [-0.05, 0) is 36.7 Å². The molecule has 74 valence electrons. The highest BCUT2D eigenvalue weighted by Crippen LogP contribution is 2.33. The Hall–Kier alpha value is -0.520. The number of hydrogen-bond acceptors (Lipinski definition) is 0. The number of rotatable bonds is 4. The number of hydrogen-bond donors (Lipinski definition) is 0. The van der Waals surface area contributed by atoms with Gasteiger partial charge in [-0.1, -0.05) is 45.4 Å². The van der Waals surface area contributed by atoms with E-state index >= 15 is 0 Å². The topological polar surface area (TPSA) is 0 Å². The van der Waals surface area contributed by atoms with Crippen molar-refractivity contribution < 1.29 is 0 Å². The summed E-state index contributed by atoms with van der Waals surface area (Å²) in [4.78, 5) is 0. The summed E-state index contributed by atoms with van der Waals surface area (Å²) in [5.41, 5.74) is 3.31. The van der Waals surface area contributed by atoms with Crippen molar-refractivity contribution in [2.45, 2.75) is 47.0 Å². The molecule has 1 aliphatic carbocycles. The van der Waals surface area contributed by atoms with Crippen LogP contribution in [0.5, 0.6) is 0 Å². The molecule has 0 heteroatoms. The molecule has 13 heavy (non-hydrogen) atoms. The zero-order chi connectivity index (χ0) is 9.84. The molecule has 2 atom stereocenters. The second kappa shape index (κ2) is 4.64. The van der Waals surface area contributed by atoms with Crippen molar-refractivity contribution in [2.24, 2.45) is 11.8 Å². The van der Waals surface area contributed by atoms with Crippen molar-refractivity contribution in [3.63, 3.8) is 0 Å². The average Bonchev–Trinajstić information content (AvgIpc) is 2.63. The molecule has 0 saturated heterocycles. The van der Waals surface area contributed by atoms with Gasteiger partial charge in [0.05, 0.1) is 0 Å². The molecule has 0 aliphatic heterocycles. The summed E-state index contributed by atoms with van der Waals surface area (Å²) in [5.74, 6) is 1.53. The quantitative estimate of drug-likeness (QED) is 0.601. The van der Waals surface area contributed by atoms with Crippen LogP contribution >= 0.6 is 0 Å². The van der Waals surface area contributed by atoms with E-state index in [9.17, 15) is 0 Å². The largest absolute Gasteiger partial charge is 0.0802 e. The van der Waals surface area contributed by atoms with E-state index in [0.29, 0.717) is 0 Å². The lowest BCUT2D eigenvalue weighted by molar-refractivity contribution is 0.604. The van der Waals surface area contributed by atoms with Gasteiger partial charge in [0.15, 0.2) is 0 Å². The molecular formula is C13H22. The SMILES string of the molecule is CCC(C)C1=C(C(C)CC)CC=C1. The van der Waals surface area contributed by atoms with Gasteiger partial charge in [-0.3, -0.25) is 0 Å². The zero-order valence-corrected chi connectivity index (χ0v) is 9.43. The van der Waals surface area contributed by atoms with Crippen molar-refractivity contribution in [3.8, 4) is 0 Å². The van der Waals surface area contributed by atoms with Crippen molar-refractivity contribution in [1.29, 1.82) is 0 Å². The maximum Gasteiger partial charge on any atom is -0.0127 e. The van der Waals surface area contributed by atoms with Crippen LogP contribution in [-0.2, 0) is 0 Å². The second-order valence-corrected chi connectivity index (χ2v) is 4.21. The molecule has 0 saturated carbocycles. The van der Waals surface area contributed by atoms with Gasteiger partial charge in [-0.25, -0.2) is 0 Å². The lowest BCUT2D eigenvalue weighted by atomic mass is 9.88. The third-order valence-electron chi connectivity index (χ3n) is 3.36. The molecule has 2 unspecified atom stereocenters. The van der Waals surface area contributed by atoms with Crippen molar-refractivity contribution >= 4 is 0 Å². The molecule has 0 aromatic rings. The van der Waals surface area contributed by atoms with E-state index in [1.165, 1.54) is 19.3 Å². The van der Waals surface area contributed by atoms with E-state index in [2.05, 4.69) is 39.8 Å². The third-order valence-corrected chi connectivity index (χ3v) is 3.36. The predicted molar refractivity (Wildman–Crippen MR) is 59.7 cm³/mol. The number of allylic oxidation sites excluding steroid dienone is 4. The lowest BCUT2D eigenvalue weighted by Crippen LogP contribution is -2.03. The minimum atomic E-state index is 0.753. The first-order valence-electron chi connectivity index (χ1n) is 5.60. The molecule has 0 radical (unpaired) electrons. The van der Waals surface area contributed by atoms with Crippen LogP contribution in [0, 0.1) is 11.8 Å². The fourth-order valence-corrected chi connectivity index (χ4v) is 1.97. The molecule has 1 rings (SSSR count). The zero-order valence-electron chi connectivity index (χ0n) is 9.43. The van der Waals surface area contributed by atoms with Crippen LogP contribution in [0.4, 0.5) is 0 Å². The molecule has 0 bridgehead atoms. The Morgan fingerprint density at radius 2 is 1.77 bits per heavy atom. The van der Waals surface area contributed by atoms with E-state index in [1.807, 2.05) is 0 Å². The summed E-state index contributed by atoms with van der Waals surface area (Å²) < 4.78 is 0. The van der Waals surface area contributed by atoms with Crippen molar-refractivity contribution in [3.05, 3.63) is 23.3 Å². The van der Waals surface area contributed by atoms with Crippen LogP contribution in [0.2, 0.25) is 0 Å². The van der Waals surface area contributed by atoms with Crippen LogP contribution in [0.15, 0.2) is 23.3 Å². The highest BCUT2D eigenvalue weighted by molar-refractivity contribution is 5.36. The van der Waals surface area contributed by atoms with Crippen LogP contribution < -0.4 is 0 Å². The molecule has 0 nitrogen and oxygen atoms in total. The van der Waals surface area contributed by atoms with Gasteiger partial charge in [0.1, 0.15) is 0 Å². The summed E-state index contributed by atoms with van der Waals surface area (Å²) in [5, 5.41) is 0. The van der Waals surface area contributed by atoms with E-state index in [4.69, 9.17) is 0 Å². The monoisotopic (exact) mass is 178 g/mol. The Labute approximate surface area is 82.7 Å². The summed E-state index contributed by atoms with van der Waals surface area (Å²) in [6, 6.07) is 0. The predicted octanol–water partition coefficient (Wildman–Crippen LogP) is 4.34. The second-order valence-electron chi connectivity index (χ2n) is 4.21. The Morgan fingerprint density at radius 1 is 1.15 bits per heavy atom. The Balaban J connectivity index is 2.80. The minimum Gasteiger partial charge on any atom is -0.0802 e. The minimum absolute atomic E-state index is 0.753. The Morgan fingerprint density at radius 3 is 2.31 bits per heavy atom. The first-order valence-corrected chi connectivity index (χ1v) is 5.60. The van der Waals surface area contributed by atoms with E-state index in [0.717, 1.165) is 11.8 Å². The smallest absolute Gasteiger partial charge is 0.0127 e. The normalized spacial score (nSPS) is 20.9. The standard InChI is InChI=1S/C13H22/c1-5-10(3)12-8-7-9-13(12)11(4)6-2/h7-8,10-11H,5-6,9H2,1-4H3. The van der Waals surface area contributed by atoms with Gasteiger partial charge >= 0.3 is 0 Å². The van der Waals surface area contributed by atoms with Crippen LogP contribution in [0.25, 0.3) is 0 Å². The molecule has 0 aromatic heterocycles. The highest BCUT2D eigenvalue weighted by atomic mass is 14.2. The molecule has 0 heterocycles. The van der Waals surface area contributed by atoms with Gasteiger partial charge in [0, 0.05) is 0 Å². The van der Waals surface area contributed by atoms with E-state index in [1.54, 1.807) is 11.1 Å². The lowest BCUT2D eigenvalue weighted by Gasteiger charge is -2.17. The van der Waals surface area contributed by atoms with Gasteiger partial charge in [-0.15, -0.1) is 0 Å². The van der Waals surface area contributed by atoms with Crippen molar-refractivity contribution in [1.82, 2.24) is 0 Å². The average molecular weight is 178 g/mol. The van der Waals surface area contributed by atoms with Crippen LogP contribution in [0.3, 0.4) is 0 Å². The van der Waals surface area contributed by atoms with Crippen molar-refractivity contribution in [2.75, 3.05) is 0 Å². The van der Waals surface area contributed by atoms with Gasteiger partial charge in [-0.2, -0.15) is 0 Å². The fraction of sp³-hybridized carbons (Fsp3) is 0.692. The highest BCUT2D eigenvalue weighted by Gasteiger charge is 2.17. The maximum absolute atomic E-state index is 2.35. The fourth-order valence-electron chi connectivity index (χ4n) is 1.97. The van der Waals surface area contributed by atoms with Gasteiger partial charge in [0.2, 0.25) is 0 Å². The molecular weight excluding hydrogens is 156 g/mol. The summed E-state index contributed by atoms with van der Waals surface area (Å²) in [7, 11) is 0. The molecule has 1 aliphatic rings. The maximum atomic E-state index is 2.35. The Kier molecular flexibility index (Phi) is 3.77. The van der Waals surface area contributed by atoms with E-state index < -0.39 is 0 Å². The van der Waals surface area contributed by atoms with Crippen LogP contribution in [0.1, 0.15) is 47.0 Å². The molecule has 0 N–H and O–H groups in total. The summed E-state index contributed by atoms with van der Waals surface area (Å²) in [6.45, 7) is 9.25. The van der Waals surface area contributed by atoms with Gasteiger partial charge in [0.25, 0.3) is 0 Å². The summed E-state index contributed by atoms with van der Waals surface area (Å²) >= 11 is 0. The van der Waals surface area contributed by atoms with Gasteiger partial charge < -0.3 is 0 Å². The molecule has 0 spiro atoms. The summed E-state index contributed by atoms with van der Waals surface area (Å²) in [6.07, 6.45) is 8.41.